The van der Waals surface area contributed by atoms with Crippen LogP contribution < -0.4 is 10.6 Å². The molecule has 7 heteroatoms. The van der Waals surface area contributed by atoms with E-state index in [0.717, 1.165) is 11.3 Å². The van der Waals surface area contributed by atoms with E-state index >= 15 is 0 Å². The SMILES string of the molecule is Cc1cc([N+](=O)[O-])cc(Cl)c1N1CCC(C(N)=O)C1. The van der Waals surface area contributed by atoms with E-state index in [9.17, 15) is 14.9 Å². The molecule has 0 saturated carbocycles. The molecule has 0 bridgehead atoms. The molecule has 1 aliphatic rings. The Morgan fingerprint density at radius 1 is 1.58 bits per heavy atom. The number of rotatable bonds is 3. The third-order valence-corrected chi connectivity index (χ3v) is 3.64. The number of anilines is 1. The number of aryl methyl sites for hydroxylation is 1. The molecule has 0 aromatic heterocycles. The van der Waals surface area contributed by atoms with Gasteiger partial charge in [0, 0.05) is 25.2 Å². The van der Waals surface area contributed by atoms with Gasteiger partial charge in [-0.2, -0.15) is 0 Å². The van der Waals surface area contributed by atoms with Crippen LogP contribution >= 0.6 is 11.6 Å². The van der Waals surface area contributed by atoms with E-state index in [1.165, 1.54) is 12.1 Å². The molecule has 0 radical (unpaired) electrons. The Bertz CT molecular complexity index is 524. The topological polar surface area (TPSA) is 89.5 Å². The monoisotopic (exact) mass is 283 g/mol. The van der Waals surface area contributed by atoms with Gasteiger partial charge in [0.2, 0.25) is 5.91 Å². The number of nitrogens with two attached hydrogens (primary N) is 1. The maximum atomic E-state index is 11.2. The number of primary amides is 1. The van der Waals surface area contributed by atoms with Gasteiger partial charge in [-0.3, -0.25) is 14.9 Å². The van der Waals surface area contributed by atoms with Crippen molar-refractivity contribution in [2.75, 3.05) is 18.0 Å². The number of amides is 1. The van der Waals surface area contributed by atoms with E-state index in [2.05, 4.69) is 0 Å². The number of nitro benzene ring substituents is 1. The predicted octanol–water partition coefficient (Wildman–Crippen LogP) is 1.87. The maximum absolute atomic E-state index is 11.2. The van der Waals surface area contributed by atoms with Crippen molar-refractivity contribution in [3.8, 4) is 0 Å². The minimum Gasteiger partial charge on any atom is -0.369 e. The molecule has 0 spiro atoms. The number of carbonyl (C=O) groups is 1. The van der Waals surface area contributed by atoms with E-state index in [1.807, 2.05) is 4.90 Å². The summed E-state index contributed by atoms with van der Waals surface area (Å²) < 4.78 is 0. The summed E-state index contributed by atoms with van der Waals surface area (Å²) in [6.07, 6.45) is 0.683. The van der Waals surface area contributed by atoms with Crippen LogP contribution in [-0.4, -0.2) is 23.9 Å². The average Bonchev–Trinajstić information content (AvgIpc) is 2.77. The minimum absolute atomic E-state index is 0.0306. The van der Waals surface area contributed by atoms with Crippen molar-refractivity contribution in [2.24, 2.45) is 11.7 Å². The van der Waals surface area contributed by atoms with Crippen molar-refractivity contribution in [3.63, 3.8) is 0 Å². The highest BCUT2D eigenvalue weighted by Gasteiger charge is 2.29. The normalized spacial score (nSPS) is 18.6. The van der Waals surface area contributed by atoms with Gasteiger partial charge in [-0.1, -0.05) is 11.6 Å². The minimum atomic E-state index is -0.473. The van der Waals surface area contributed by atoms with Crippen LogP contribution in [0.1, 0.15) is 12.0 Å². The van der Waals surface area contributed by atoms with Crippen LogP contribution in [-0.2, 0) is 4.79 Å². The third-order valence-electron chi connectivity index (χ3n) is 3.36. The van der Waals surface area contributed by atoms with Gasteiger partial charge < -0.3 is 10.6 Å². The summed E-state index contributed by atoms with van der Waals surface area (Å²) in [4.78, 5) is 23.4. The summed E-state index contributed by atoms with van der Waals surface area (Å²) >= 11 is 6.12. The Morgan fingerprint density at radius 2 is 2.26 bits per heavy atom. The molecule has 1 atom stereocenters. The van der Waals surface area contributed by atoms with Crippen LogP contribution in [0.2, 0.25) is 5.02 Å². The zero-order valence-electron chi connectivity index (χ0n) is 10.4. The molecular weight excluding hydrogens is 270 g/mol. The fourth-order valence-corrected chi connectivity index (χ4v) is 2.80. The van der Waals surface area contributed by atoms with Gasteiger partial charge in [-0.05, 0) is 18.9 Å². The van der Waals surface area contributed by atoms with Crippen molar-refractivity contribution in [3.05, 3.63) is 32.8 Å². The summed E-state index contributed by atoms with van der Waals surface area (Å²) in [5.41, 5.74) is 6.73. The van der Waals surface area contributed by atoms with Crippen LogP contribution in [0.25, 0.3) is 0 Å². The lowest BCUT2D eigenvalue weighted by molar-refractivity contribution is -0.384. The van der Waals surface area contributed by atoms with Crippen LogP contribution in [0, 0.1) is 23.0 Å². The van der Waals surface area contributed by atoms with Gasteiger partial charge >= 0.3 is 0 Å². The summed E-state index contributed by atoms with van der Waals surface area (Å²) in [6, 6.07) is 2.82. The second kappa shape index (κ2) is 5.05. The van der Waals surface area contributed by atoms with Gasteiger partial charge in [0.1, 0.15) is 0 Å². The first-order valence-electron chi connectivity index (χ1n) is 5.89. The number of hydrogen-bond acceptors (Lipinski definition) is 4. The molecule has 2 rings (SSSR count). The van der Waals surface area contributed by atoms with Gasteiger partial charge in [0.25, 0.3) is 5.69 Å². The molecule has 1 saturated heterocycles. The van der Waals surface area contributed by atoms with Crippen LogP contribution in [0.4, 0.5) is 11.4 Å². The zero-order chi connectivity index (χ0) is 14.2. The Labute approximate surface area is 115 Å². The lowest BCUT2D eigenvalue weighted by Crippen LogP contribution is -2.27. The van der Waals surface area contributed by atoms with Crippen LogP contribution in [0.15, 0.2) is 12.1 Å². The van der Waals surface area contributed by atoms with E-state index in [-0.39, 0.29) is 17.5 Å². The second-order valence-corrected chi connectivity index (χ2v) is 5.09. The number of nitro groups is 1. The van der Waals surface area contributed by atoms with Crippen molar-refractivity contribution in [1.82, 2.24) is 0 Å². The lowest BCUT2D eigenvalue weighted by Gasteiger charge is -2.21. The molecule has 102 valence electrons. The first-order chi connectivity index (χ1) is 8.90. The smallest absolute Gasteiger partial charge is 0.271 e. The van der Waals surface area contributed by atoms with Crippen molar-refractivity contribution in [2.45, 2.75) is 13.3 Å². The maximum Gasteiger partial charge on any atom is 0.271 e. The Kier molecular flexibility index (Phi) is 3.61. The number of benzene rings is 1. The molecule has 1 heterocycles. The quantitative estimate of drug-likeness (QED) is 0.677. The molecule has 1 amide bonds. The van der Waals surface area contributed by atoms with E-state index in [0.29, 0.717) is 24.5 Å². The first kappa shape index (κ1) is 13.6. The highest BCUT2D eigenvalue weighted by atomic mass is 35.5. The van der Waals surface area contributed by atoms with Crippen molar-refractivity contribution >= 4 is 28.9 Å². The highest BCUT2D eigenvalue weighted by molar-refractivity contribution is 6.33. The largest absolute Gasteiger partial charge is 0.369 e. The Morgan fingerprint density at radius 3 is 2.74 bits per heavy atom. The molecule has 1 fully saturated rings. The summed E-state index contributed by atoms with van der Waals surface area (Å²) in [5.74, 6) is -0.510. The zero-order valence-corrected chi connectivity index (χ0v) is 11.2. The fourth-order valence-electron chi connectivity index (χ4n) is 2.42. The first-order valence-corrected chi connectivity index (χ1v) is 6.26. The van der Waals surface area contributed by atoms with Crippen LogP contribution in [0.3, 0.4) is 0 Å². The van der Waals surface area contributed by atoms with E-state index in [1.54, 1.807) is 6.92 Å². The lowest BCUT2D eigenvalue weighted by atomic mass is 10.1. The molecule has 1 unspecified atom stereocenters. The number of carbonyl (C=O) groups excluding carboxylic acids is 1. The van der Waals surface area contributed by atoms with E-state index < -0.39 is 4.92 Å². The second-order valence-electron chi connectivity index (χ2n) is 4.68. The van der Waals surface area contributed by atoms with Crippen LogP contribution in [0.5, 0.6) is 0 Å². The standard InChI is InChI=1S/C12H14ClN3O3/c1-7-4-9(16(18)19)5-10(13)11(7)15-3-2-8(6-15)12(14)17/h4-5,8H,2-3,6H2,1H3,(H2,14,17). The molecule has 1 aromatic carbocycles. The molecule has 1 aliphatic heterocycles. The summed E-state index contributed by atoms with van der Waals surface area (Å²) in [7, 11) is 0. The molecule has 19 heavy (non-hydrogen) atoms. The molecule has 6 nitrogen and oxygen atoms in total. The molecule has 2 N–H and O–H groups in total. The van der Waals surface area contributed by atoms with Gasteiger partial charge in [0.15, 0.2) is 0 Å². The van der Waals surface area contributed by atoms with Gasteiger partial charge in [-0.15, -0.1) is 0 Å². The molecule has 0 aliphatic carbocycles. The summed E-state index contributed by atoms with van der Waals surface area (Å²) in [6.45, 7) is 2.95. The molecular formula is C12H14ClN3O3. The Balaban J connectivity index is 2.31. The van der Waals surface area contributed by atoms with Gasteiger partial charge in [0.05, 0.1) is 21.6 Å². The van der Waals surface area contributed by atoms with Crippen molar-refractivity contribution in [1.29, 1.82) is 0 Å². The fraction of sp³-hybridized carbons (Fsp3) is 0.417. The Hall–Kier alpha value is -1.82. The highest BCUT2D eigenvalue weighted by Crippen LogP contribution is 2.36. The number of hydrogen-bond donors (Lipinski definition) is 1. The number of non-ortho nitro benzene ring substituents is 1. The average molecular weight is 284 g/mol. The number of nitrogens with zero attached hydrogens (tertiary/aromatic N) is 2. The predicted molar refractivity (Wildman–Crippen MR) is 72.4 cm³/mol. The number of halogens is 1. The van der Waals surface area contributed by atoms with E-state index in [4.69, 9.17) is 17.3 Å². The van der Waals surface area contributed by atoms with Crippen molar-refractivity contribution < 1.29 is 9.72 Å². The van der Waals surface area contributed by atoms with Gasteiger partial charge in [-0.25, -0.2) is 0 Å². The molecule has 1 aromatic rings. The third kappa shape index (κ3) is 2.63. The summed E-state index contributed by atoms with van der Waals surface area (Å²) in [5, 5.41) is 11.1.